The van der Waals surface area contributed by atoms with E-state index in [1.165, 1.54) is 35.5 Å². The number of nitrogens with zero attached hydrogens (tertiary/aromatic N) is 3. The Balaban J connectivity index is 1.44. The number of hydrogen-bond acceptors (Lipinski definition) is 8. The van der Waals surface area contributed by atoms with Crippen LogP contribution in [0.25, 0.3) is 10.6 Å². The normalized spacial score (nSPS) is 16.7. The number of thiazole rings is 2. The second kappa shape index (κ2) is 9.97. The van der Waals surface area contributed by atoms with Crippen LogP contribution >= 0.6 is 22.7 Å². The monoisotopic (exact) mass is 472 g/mol. The highest BCUT2D eigenvalue weighted by Gasteiger charge is 2.20. The lowest BCUT2D eigenvalue weighted by Gasteiger charge is -2.30. The average Bonchev–Trinajstić information content (AvgIpc) is 3.39. The largest absolute Gasteiger partial charge is 0.493 e. The molecule has 0 aliphatic carbocycles. The van der Waals surface area contributed by atoms with E-state index in [9.17, 15) is 4.79 Å². The highest BCUT2D eigenvalue weighted by Crippen LogP contribution is 2.35. The molecule has 1 aliphatic heterocycles. The summed E-state index contributed by atoms with van der Waals surface area (Å²) in [5.41, 5.74) is 2.57. The molecule has 0 radical (unpaired) electrons. The summed E-state index contributed by atoms with van der Waals surface area (Å²) in [5, 5.41) is 6.36. The predicted octanol–water partition coefficient (Wildman–Crippen LogP) is 5.08. The molecule has 3 aromatic rings. The van der Waals surface area contributed by atoms with Gasteiger partial charge in [-0.3, -0.25) is 15.0 Å². The Hall–Kier alpha value is -2.49. The summed E-state index contributed by atoms with van der Waals surface area (Å²) in [4.78, 5) is 25.2. The molecule has 0 saturated carbocycles. The van der Waals surface area contributed by atoms with E-state index >= 15 is 0 Å². The van der Waals surface area contributed by atoms with E-state index < -0.39 is 0 Å². The van der Waals surface area contributed by atoms with Crippen LogP contribution in [-0.4, -0.2) is 48.1 Å². The molecule has 0 bridgehead atoms. The third-order valence-corrected chi connectivity index (χ3v) is 7.54. The number of hydrogen-bond donors (Lipinski definition) is 1. The molecule has 1 amide bonds. The maximum atomic E-state index is 12.9. The molecule has 2 aromatic heterocycles. The van der Waals surface area contributed by atoms with Crippen LogP contribution in [0.15, 0.2) is 23.6 Å². The second-order valence-corrected chi connectivity index (χ2v) is 9.94. The van der Waals surface area contributed by atoms with Gasteiger partial charge in [0, 0.05) is 24.0 Å². The first-order chi connectivity index (χ1) is 15.5. The summed E-state index contributed by atoms with van der Waals surface area (Å²) in [5.74, 6) is 1.83. The van der Waals surface area contributed by atoms with Crippen molar-refractivity contribution in [1.29, 1.82) is 0 Å². The SMILES string of the molecule is COc1ccc(-c2nc(C)c(C(=O)Nc3nc(CN4CCCC(C)C4)cs3)s2)cc1OC. The first kappa shape index (κ1) is 22.7. The Kier molecular flexibility index (Phi) is 7.07. The van der Waals surface area contributed by atoms with E-state index in [0.29, 0.717) is 27.2 Å². The molecule has 1 aromatic carbocycles. The number of aryl methyl sites for hydroxylation is 1. The van der Waals surface area contributed by atoms with E-state index in [4.69, 9.17) is 9.47 Å². The fourth-order valence-corrected chi connectivity index (χ4v) is 5.60. The quantitative estimate of drug-likeness (QED) is 0.517. The summed E-state index contributed by atoms with van der Waals surface area (Å²) in [6.07, 6.45) is 2.54. The minimum Gasteiger partial charge on any atom is -0.493 e. The number of rotatable bonds is 7. The topological polar surface area (TPSA) is 76.6 Å². The molecule has 3 heterocycles. The molecule has 1 N–H and O–H groups in total. The number of ether oxygens (including phenoxy) is 2. The van der Waals surface area contributed by atoms with Gasteiger partial charge in [-0.25, -0.2) is 9.97 Å². The number of nitrogens with one attached hydrogen (secondary N) is 1. The molecule has 170 valence electrons. The van der Waals surface area contributed by atoms with Crippen molar-refractivity contribution >= 4 is 33.7 Å². The summed E-state index contributed by atoms with van der Waals surface area (Å²) >= 11 is 2.82. The fraction of sp³-hybridized carbons (Fsp3) is 0.435. The number of carbonyl (C=O) groups is 1. The van der Waals surface area contributed by atoms with Crippen LogP contribution in [0.5, 0.6) is 11.5 Å². The first-order valence-electron chi connectivity index (χ1n) is 10.6. The van der Waals surface area contributed by atoms with Crippen molar-refractivity contribution < 1.29 is 14.3 Å². The Bertz CT molecular complexity index is 1090. The van der Waals surface area contributed by atoms with Crippen LogP contribution in [-0.2, 0) is 6.54 Å². The van der Waals surface area contributed by atoms with Crippen molar-refractivity contribution in [2.24, 2.45) is 5.92 Å². The van der Waals surface area contributed by atoms with Gasteiger partial charge >= 0.3 is 0 Å². The number of amides is 1. The van der Waals surface area contributed by atoms with Gasteiger partial charge in [0.2, 0.25) is 0 Å². The zero-order valence-corrected chi connectivity index (χ0v) is 20.4. The van der Waals surface area contributed by atoms with E-state index in [-0.39, 0.29) is 5.91 Å². The molecule has 32 heavy (non-hydrogen) atoms. The van der Waals surface area contributed by atoms with Gasteiger partial charge in [-0.15, -0.1) is 22.7 Å². The highest BCUT2D eigenvalue weighted by atomic mass is 32.1. The van der Waals surface area contributed by atoms with Crippen LogP contribution in [0.1, 0.15) is 40.8 Å². The van der Waals surface area contributed by atoms with Crippen LogP contribution in [0.2, 0.25) is 0 Å². The number of likely N-dealkylation sites (tertiary alicyclic amines) is 1. The zero-order chi connectivity index (χ0) is 22.7. The second-order valence-electron chi connectivity index (χ2n) is 8.08. The van der Waals surface area contributed by atoms with Gasteiger partial charge in [-0.1, -0.05) is 6.92 Å². The Morgan fingerprint density at radius 2 is 2.06 bits per heavy atom. The number of aromatic nitrogens is 2. The highest BCUT2D eigenvalue weighted by molar-refractivity contribution is 7.17. The average molecular weight is 473 g/mol. The first-order valence-corrected chi connectivity index (χ1v) is 12.3. The van der Waals surface area contributed by atoms with Crippen molar-refractivity contribution in [3.05, 3.63) is 39.8 Å². The lowest BCUT2D eigenvalue weighted by atomic mass is 10.0. The molecule has 1 unspecified atom stereocenters. The van der Waals surface area contributed by atoms with E-state index in [0.717, 1.165) is 41.8 Å². The Morgan fingerprint density at radius 1 is 1.25 bits per heavy atom. The molecule has 1 aliphatic rings. The fourth-order valence-electron chi connectivity index (χ4n) is 3.95. The molecule has 0 spiro atoms. The summed E-state index contributed by atoms with van der Waals surface area (Å²) in [6, 6.07) is 5.62. The van der Waals surface area contributed by atoms with Crippen LogP contribution in [0.4, 0.5) is 5.13 Å². The van der Waals surface area contributed by atoms with Gasteiger partial charge in [0.05, 0.1) is 25.6 Å². The van der Waals surface area contributed by atoms with Gasteiger partial charge in [0.25, 0.3) is 5.91 Å². The van der Waals surface area contributed by atoms with Crippen LogP contribution in [0.3, 0.4) is 0 Å². The minimum atomic E-state index is -0.181. The number of benzene rings is 1. The van der Waals surface area contributed by atoms with Gasteiger partial charge in [0.15, 0.2) is 16.6 Å². The molecule has 9 heteroatoms. The van der Waals surface area contributed by atoms with Gasteiger partial charge in [-0.05, 0) is 50.4 Å². The molecular weight excluding hydrogens is 444 g/mol. The zero-order valence-electron chi connectivity index (χ0n) is 18.8. The van der Waals surface area contributed by atoms with Gasteiger partial charge in [0.1, 0.15) is 9.88 Å². The van der Waals surface area contributed by atoms with Crippen molar-refractivity contribution in [2.75, 3.05) is 32.6 Å². The third-order valence-electron chi connectivity index (χ3n) is 5.53. The number of methoxy groups -OCH3 is 2. The van der Waals surface area contributed by atoms with Crippen molar-refractivity contribution in [2.45, 2.75) is 33.2 Å². The molecule has 4 rings (SSSR count). The van der Waals surface area contributed by atoms with Crippen molar-refractivity contribution in [1.82, 2.24) is 14.9 Å². The molecule has 1 atom stereocenters. The molecular formula is C23H28N4O3S2. The summed E-state index contributed by atoms with van der Waals surface area (Å²) < 4.78 is 10.7. The summed E-state index contributed by atoms with van der Waals surface area (Å²) in [7, 11) is 3.20. The molecule has 1 saturated heterocycles. The standard InChI is InChI=1S/C23H28N4O3S2/c1-14-6-5-9-27(11-14)12-17-13-31-23(25-17)26-21(28)20-15(2)24-22(32-20)16-7-8-18(29-3)19(10-16)30-4/h7-8,10,13-14H,5-6,9,11-12H2,1-4H3,(H,25,26,28). The van der Waals surface area contributed by atoms with Gasteiger partial charge in [-0.2, -0.15) is 0 Å². The van der Waals surface area contributed by atoms with Crippen LogP contribution in [0, 0.1) is 12.8 Å². The Labute approximate surface area is 196 Å². The number of piperidine rings is 1. The molecule has 7 nitrogen and oxygen atoms in total. The lowest BCUT2D eigenvalue weighted by molar-refractivity contribution is 0.102. The summed E-state index contributed by atoms with van der Waals surface area (Å²) in [6.45, 7) is 7.20. The Morgan fingerprint density at radius 3 is 2.81 bits per heavy atom. The molecule has 1 fully saturated rings. The van der Waals surface area contributed by atoms with Crippen LogP contribution < -0.4 is 14.8 Å². The number of carbonyl (C=O) groups excluding carboxylic acids is 1. The van der Waals surface area contributed by atoms with Crippen molar-refractivity contribution in [3.63, 3.8) is 0 Å². The maximum Gasteiger partial charge on any atom is 0.269 e. The smallest absolute Gasteiger partial charge is 0.269 e. The minimum absolute atomic E-state index is 0.181. The third kappa shape index (κ3) is 5.11. The van der Waals surface area contributed by atoms with E-state index in [2.05, 4.69) is 27.1 Å². The van der Waals surface area contributed by atoms with Gasteiger partial charge < -0.3 is 9.47 Å². The van der Waals surface area contributed by atoms with E-state index in [1.54, 1.807) is 14.2 Å². The lowest BCUT2D eigenvalue weighted by Crippen LogP contribution is -2.33. The maximum absolute atomic E-state index is 12.9. The van der Waals surface area contributed by atoms with E-state index in [1.807, 2.05) is 30.5 Å². The van der Waals surface area contributed by atoms with Crippen molar-refractivity contribution in [3.8, 4) is 22.1 Å². The number of anilines is 1. The predicted molar refractivity (Wildman–Crippen MR) is 129 cm³/mol.